The van der Waals surface area contributed by atoms with E-state index in [-0.39, 0.29) is 5.91 Å². The number of aromatic nitrogens is 1. The van der Waals surface area contributed by atoms with E-state index >= 15 is 0 Å². The van der Waals surface area contributed by atoms with Crippen molar-refractivity contribution in [3.63, 3.8) is 0 Å². The normalized spacial score (nSPS) is 13.5. The van der Waals surface area contributed by atoms with Crippen LogP contribution in [0.15, 0.2) is 41.0 Å². The van der Waals surface area contributed by atoms with Crippen LogP contribution in [0.3, 0.4) is 0 Å². The van der Waals surface area contributed by atoms with Crippen molar-refractivity contribution in [1.82, 2.24) is 10.3 Å². The molecule has 1 aliphatic heterocycles. The maximum absolute atomic E-state index is 12.0. The Bertz CT molecular complexity index is 719. The second kappa shape index (κ2) is 7.77. The lowest BCUT2D eigenvalue weighted by atomic mass is 10.00. The Labute approximate surface area is 150 Å². The van der Waals surface area contributed by atoms with Crippen LogP contribution in [0.25, 0.3) is 0 Å². The molecule has 6 heteroatoms. The second-order valence-electron chi connectivity index (χ2n) is 5.70. The fourth-order valence-electron chi connectivity index (χ4n) is 2.81. The quantitative estimate of drug-likeness (QED) is 0.798. The number of pyridine rings is 1. The molecule has 1 amide bonds. The SMILES string of the molecule is COCCNC(=O)c1ccc(N2CCc3cccc(Br)c3C2)nc1. The van der Waals surface area contributed by atoms with E-state index < -0.39 is 0 Å². The monoisotopic (exact) mass is 389 g/mol. The zero-order valence-corrected chi connectivity index (χ0v) is 15.2. The van der Waals surface area contributed by atoms with Gasteiger partial charge in [-0.3, -0.25) is 4.79 Å². The Morgan fingerprint density at radius 2 is 2.25 bits per heavy atom. The lowest BCUT2D eigenvalue weighted by molar-refractivity contribution is 0.0937. The molecule has 0 unspecified atom stereocenters. The molecule has 1 aliphatic rings. The van der Waals surface area contributed by atoms with E-state index in [9.17, 15) is 4.79 Å². The first kappa shape index (κ1) is 16.9. The summed E-state index contributed by atoms with van der Waals surface area (Å²) in [5, 5.41) is 2.80. The minimum Gasteiger partial charge on any atom is -0.383 e. The molecule has 1 N–H and O–H groups in total. The van der Waals surface area contributed by atoms with Crippen LogP contribution in [0, 0.1) is 0 Å². The van der Waals surface area contributed by atoms with Crippen LogP contribution in [0.4, 0.5) is 5.82 Å². The average Bonchev–Trinajstić information content (AvgIpc) is 2.62. The maximum atomic E-state index is 12.0. The van der Waals surface area contributed by atoms with Crippen LogP contribution >= 0.6 is 15.9 Å². The summed E-state index contributed by atoms with van der Waals surface area (Å²) in [5.74, 6) is 0.766. The predicted octanol–water partition coefficient (Wildman–Crippen LogP) is 2.78. The van der Waals surface area contributed by atoms with Crippen molar-refractivity contribution in [2.75, 3.05) is 31.7 Å². The zero-order valence-electron chi connectivity index (χ0n) is 13.6. The lowest BCUT2D eigenvalue weighted by Crippen LogP contribution is -2.31. The Balaban J connectivity index is 1.68. The van der Waals surface area contributed by atoms with Gasteiger partial charge in [-0.1, -0.05) is 28.1 Å². The van der Waals surface area contributed by atoms with Crippen molar-refractivity contribution in [2.24, 2.45) is 0 Å². The van der Waals surface area contributed by atoms with E-state index in [0.29, 0.717) is 18.7 Å². The molecule has 0 bridgehead atoms. The standard InChI is InChI=1S/C18H20BrN3O2/c1-24-10-8-20-18(23)14-5-6-17(21-11-14)22-9-7-13-3-2-4-16(19)15(13)12-22/h2-6,11H,7-10,12H2,1H3,(H,20,23). The Kier molecular flexibility index (Phi) is 5.48. The van der Waals surface area contributed by atoms with Gasteiger partial charge in [0, 0.05) is 37.4 Å². The maximum Gasteiger partial charge on any atom is 0.252 e. The highest BCUT2D eigenvalue weighted by Gasteiger charge is 2.19. The van der Waals surface area contributed by atoms with Gasteiger partial charge >= 0.3 is 0 Å². The Morgan fingerprint density at radius 1 is 1.38 bits per heavy atom. The summed E-state index contributed by atoms with van der Waals surface area (Å²) >= 11 is 3.63. The van der Waals surface area contributed by atoms with Gasteiger partial charge in [0.15, 0.2) is 0 Å². The molecule has 24 heavy (non-hydrogen) atoms. The lowest BCUT2D eigenvalue weighted by Gasteiger charge is -2.30. The summed E-state index contributed by atoms with van der Waals surface area (Å²) in [6.45, 7) is 2.74. The van der Waals surface area contributed by atoms with Gasteiger partial charge in [0.2, 0.25) is 0 Å². The molecular weight excluding hydrogens is 370 g/mol. The number of nitrogens with zero attached hydrogens (tertiary/aromatic N) is 2. The fraction of sp³-hybridized carbons (Fsp3) is 0.333. The van der Waals surface area contributed by atoms with Gasteiger partial charge in [-0.15, -0.1) is 0 Å². The van der Waals surface area contributed by atoms with Crippen molar-refractivity contribution < 1.29 is 9.53 Å². The third kappa shape index (κ3) is 3.76. The number of nitrogens with one attached hydrogen (secondary N) is 1. The largest absolute Gasteiger partial charge is 0.383 e. The van der Waals surface area contributed by atoms with Crippen molar-refractivity contribution in [1.29, 1.82) is 0 Å². The van der Waals surface area contributed by atoms with Gasteiger partial charge in [-0.05, 0) is 35.7 Å². The van der Waals surface area contributed by atoms with Crippen LogP contribution < -0.4 is 10.2 Å². The molecule has 0 spiro atoms. The number of hydrogen-bond acceptors (Lipinski definition) is 4. The van der Waals surface area contributed by atoms with E-state index in [1.807, 2.05) is 12.1 Å². The second-order valence-corrected chi connectivity index (χ2v) is 6.56. The molecule has 5 nitrogen and oxygen atoms in total. The third-order valence-electron chi connectivity index (χ3n) is 4.14. The topological polar surface area (TPSA) is 54.5 Å². The van der Waals surface area contributed by atoms with E-state index in [4.69, 9.17) is 4.74 Å². The first-order valence-corrected chi connectivity index (χ1v) is 8.72. The van der Waals surface area contributed by atoms with Crippen LogP contribution in [0.1, 0.15) is 21.5 Å². The molecule has 3 rings (SSSR count). The van der Waals surface area contributed by atoms with Gasteiger partial charge in [0.25, 0.3) is 5.91 Å². The van der Waals surface area contributed by atoms with E-state index in [1.54, 1.807) is 13.3 Å². The summed E-state index contributed by atoms with van der Waals surface area (Å²) in [7, 11) is 1.61. The summed E-state index contributed by atoms with van der Waals surface area (Å²) in [6, 6.07) is 10.1. The number of benzene rings is 1. The van der Waals surface area contributed by atoms with Crippen LogP contribution in [-0.4, -0.2) is 37.7 Å². The molecule has 0 radical (unpaired) electrons. The number of hydrogen-bond donors (Lipinski definition) is 1. The number of rotatable bonds is 5. The number of halogens is 1. The molecule has 2 heterocycles. The molecule has 1 aromatic heterocycles. The van der Waals surface area contributed by atoms with Crippen LogP contribution in [0.2, 0.25) is 0 Å². The van der Waals surface area contributed by atoms with Gasteiger partial charge in [-0.2, -0.15) is 0 Å². The number of methoxy groups -OCH3 is 1. The third-order valence-corrected chi connectivity index (χ3v) is 4.88. The number of fused-ring (bicyclic) bond motifs is 1. The number of amides is 1. The molecule has 0 atom stereocenters. The van der Waals surface area contributed by atoms with Gasteiger partial charge < -0.3 is 15.0 Å². The highest BCUT2D eigenvalue weighted by molar-refractivity contribution is 9.10. The van der Waals surface area contributed by atoms with Crippen LogP contribution in [-0.2, 0) is 17.7 Å². The minimum absolute atomic E-state index is 0.127. The molecular formula is C18H20BrN3O2. The van der Waals surface area contributed by atoms with Gasteiger partial charge in [-0.25, -0.2) is 4.98 Å². The molecule has 2 aromatic rings. The van der Waals surface area contributed by atoms with Crippen molar-refractivity contribution >= 4 is 27.7 Å². The highest BCUT2D eigenvalue weighted by atomic mass is 79.9. The number of carbonyl (C=O) groups excluding carboxylic acids is 1. The molecule has 1 aromatic carbocycles. The number of anilines is 1. The summed E-state index contributed by atoms with van der Waals surface area (Å²) in [6.07, 6.45) is 2.63. The molecule has 0 saturated carbocycles. The number of carbonyl (C=O) groups is 1. The Hall–Kier alpha value is -1.92. The Morgan fingerprint density at radius 3 is 3.00 bits per heavy atom. The van der Waals surface area contributed by atoms with E-state index in [1.165, 1.54) is 11.1 Å². The summed E-state index contributed by atoms with van der Waals surface area (Å²) in [4.78, 5) is 18.7. The smallest absolute Gasteiger partial charge is 0.252 e. The van der Waals surface area contributed by atoms with Crippen molar-refractivity contribution in [3.8, 4) is 0 Å². The molecule has 0 aliphatic carbocycles. The summed E-state index contributed by atoms with van der Waals surface area (Å²) < 4.78 is 6.06. The predicted molar refractivity (Wildman–Crippen MR) is 97.3 cm³/mol. The fourth-order valence-corrected chi connectivity index (χ4v) is 3.34. The molecule has 0 saturated heterocycles. The molecule has 126 valence electrons. The molecule has 0 fully saturated rings. The van der Waals surface area contributed by atoms with Crippen molar-refractivity contribution in [3.05, 3.63) is 57.7 Å². The van der Waals surface area contributed by atoms with Crippen LogP contribution in [0.5, 0.6) is 0 Å². The van der Waals surface area contributed by atoms with Gasteiger partial charge in [0.05, 0.1) is 12.2 Å². The zero-order chi connectivity index (χ0) is 16.9. The van der Waals surface area contributed by atoms with E-state index in [0.717, 1.165) is 29.8 Å². The highest BCUT2D eigenvalue weighted by Crippen LogP contribution is 2.28. The average molecular weight is 390 g/mol. The first-order chi connectivity index (χ1) is 11.7. The van der Waals surface area contributed by atoms with Gasteiger partial charge in [0.1, 0.15) is 5.82 Å². The van der Waals surface area contributed by atoms with Crippen molar-refractivity contribution in [2.45, 2.75) is 13.0 Å². The number of ether oxygens (including phenoxy) is 1. The first-order valence-electron chi connectivity index (χ1n) is 7.93. The summed E-state index contributed by atoms with van der Waals surface area (Å²) in [5.41, 5.74) is 3.26. The van der Waals surface area contributed by atoms with E-state index in [2.05, 4.69) is 49.3 Å². The minimum atomic E-state index is -0.127.